The lowest BCUT2D eigenvalue weighted by atomic mass is 10.1. The van der Waals surface area contributed by atoms with Gasteiger partial charge in [0.1, 0.15) is 0 Å². The Morgan fingerprint density at radius 3 is 2.15 bits per heavy atom. The number of aliphatic hydroxyl groups is 1. The Morgan fingerprint density at radius 1 is 1.10 bits per heavy atom. The van der Waals surface area contributed by atoms with Gasteiger partial charge in [-0.05, 0) is 17.7 Å². The van der Waals surface area contributed by atoms with Crippen LogP contribution in [0.1, 0.15) is 22.0 Å². The van der Waals surface area contributed by atoms with Crippen molar-refractivity contribution < 1.29 is 19.8 Å². The third kappa shape index (κ3) is 4.87. The second-order valence-corrected chi connectivity index (χ2v) is 3.76. The number of aliphatic hydroxyl groups excluding tert-OH is 1. The molecule has 0 fully saturated rings. The average Bonchev–Trinajstić information content (AvgIpc) is 2.49. The first-order valence-electron chi connectivity index (χ1n) is 5.68. The van der Waals surface area contributed by atoms with Gasteiger partial charge in [0.2, 0.25) is 5.91 Å². The standard InChI is InChI=1S/C8H8O3.C6H6N2O/c9-7(8(10)11)6-4-2-1-3-5-6;7-6(9)5-2-1-3-8-4-5/h1-5,7,9H,(H,10,11);1-4H,(H2,7,9). The molecule has 6 heteroatoms. The van der Waals surface area contributed by atoms with Crippen LogP contribution < -0.4 is 5.73 Å². The fraction of sp³-hybridized carbons (Fsp3) is 0.0714. The van der Waals surface area contributed by atoms with Crippen molar-refractivity contribution in [1.82, 2.24) is 4.98 Å². The molecule has 2 rings (SSSR count). The number of carboxylic acids is 1. The molecule has 0 aliphatic carbocycles. The largest absolute Gasteiger partial charge is 0.479 e. The molecule has 0 bridgehead atoms. The predicted octanol–water partition coefficient (Wildman–Crippen LogP) is 0.985. The summed E-state index contributed by atoms with van der Waals surface area (Å²) in [5.41, 5.74) is 5.78. The summed E-state index contributed by atoms with van der Waals surface area (Å²) in [6.07, 6.45) is 1.62. The zero-order valence-corrected chi connectivity index (χ0v) is 10.5. The Morgan fingerprint density at radius 2 is 1.75 bits per heavy atom. The van der Waals surface area contributed by atoms with Gasteiger partial charge >= 0.3 is 5.97 Å². The molecular weight excluding hydrogens is 260 g/mol. The van der Waals surface area contributed by atoms with E-state index in [2.05, 4.69) is 4.98 Å². The minimum atomic E-state index is -1.41. The van der Waals surface area contributed by atoms with Gasteiger partial charge < -0.3 is 15.9 Å². The van der Waals surface area contributed by atoms with E-state index in [1.165, 1.54) is 6.20 Å². The number of primary amides is 1. The van der Waals surface area contributed by atoms with Crippen molar-refractivity contribution in [3.05, 3.63) is 66.0 Å². The lowest BCUT2D eigenvalue weighted by Gasteiger charge is -2.03. The van der Waals surface area contributed by atoms with E-state index in [0.29, 0.717) is 11.1 Å². The summed E-state index contributed by atoms with van der Waals surface area (Å²) >= 11 is 0. The molecule has 0 saturated carbocycles. The molecule has 0 saturated heterocycles. The van der Waals surface area contributed by atoms with Crippen molar-refractivity contribution in [3.8, 4) is 0 Å². The Hall–Kier alpha value is -2.73. The normalized spacial score (nSPS) is 10.8. The van der Waals surface area contributed by atoms with Gasteiger partial charge in [0.05, 0.1) is 5.56 Å². The summed E-state index contributed by atoms with van der Waals surface area (Å²) in [6.45, 7) is 0. The van der Waals surface area contributed by atoms with Gasteiger partial charge in [-0.15, -0.1) is 0 Å². The van der Waals surface area contributed by atoms with Gasteiger partial charge in [-0.1, -0.05) is 30.3 Å². The molecule has 20 heavy (non-hydrogen) atoms. The van der Waals surface area contributed by atoms with E-state index in [4.69, 9.17) is 15.9 Å². The van der Waals surface area contributed by atoms with Crippen molar-refractivity contribution >= 4 is 11.9 Å². The van der Waals surface area contributed by atoms with Crippen LogP contribution in [0, 0.1) is 0 Å². The van der Waals surface area contributed by atoms with Crippen molar-refractivity contribution in [2.75, 3.05) is 0 Å². The van der Waals surface area contributed by atoms with Crippen LogP contribution in [0.5, 0.6) is 0 Å². The Labute approximate surface area is 115 Å². The molecule has 1 aromatic heterocycles. The molecule has 1 atom stereocenters. The first-order valence-corrected chi connectivity index (χ1v) is 5.68. The lowest BCUT2D eigenvalue weighted by Crippen LogP contribution is -2.10. The Bertz CT molecular complexity index is 558. The van der Waals surface area contributed by atoms with E-state index in [1.807, 2.05) is 0 Å². The van der Waals surface area contributed by atoms with Crippen LogP contribution in [-0.4, -0.2) is 27.1 Å². The van der Waals surface area contributed by atoms with E-state index >= 15 is 0 Å². The number of benzene rings is 1. The van der Waals surface area contributed by atoms with Crippen LogP contribution in [0.3, 0.4) is 0 Å². The number of amides is 1. The van der Waals surface area contributed by atoms with Gasteiger partial charge in [-0.25, -0.2) is 4.79 Å². The summed E-state index contributed by atoms with van der Waals surface area (Å²) in [4.78, 5) is 24.3. The molecule has 1 aromatic carbocycles. The third-order valence-corrected chi connectivity index (χ3v) is 2.30. The maximum absolute atomic E-state index is 10.4. The van der Waals surface area contributed by atoms with E-state index in [-0.39, 0.29) is 0 Å². The molecule has 0 radical (unpaired) electrons. The third-order valence-electron chi connectivity index (χ3n) is 2.30. The Kier molecular flexibility index (Phi) is 5.86. The smallest absolute Gasteiger partial charge is 0.337 e. The highest BCUT2D eigenvalue weighted by molar-refractivity contribution is 5.92. The Balaban J connectivity index is 0.000000204. The van der Waals surface area contributed by atoms with Gasteiger partial charge in [0.25, 0.3) is 0 Å². The minimum Gasteiger partial charge on any atom is -0.479 e. The molecule has 0 spiro atoms. The molecule has 6 nitrogen and oxygen atoms in total. The molecule has 1 unspecified atom stereocenters. The van der Waals surface area contributed by atoms with E-state index in [0.717, 1.165) is 0 Å². The van der Waals surface area contributed by atoms with Crippen LogP contribution >= 0.6 is 0 Å². The summed E-state index contributed by atoms with van der Waals surface area (Å²) in [5, 5.41) is 17.4. The molecule has 4 N–H and O–H groups in total. The number of carboxylic acid groups (broad SMARTS) is 1. The zero-order chi connectivity index (χ0) is 15.0. The average molecular weight is 274 g/mol. The van der Waals surface area contributed by atoms with Crippen molar-refractivity contribution in [2.24, 2.45) is 5.73 Å². The summed E-state index contributed by atoms with van der Waals surface area (Å²) < 4.78 is 0. The second kappa shape index (κ2) is 7.65. The fourth-order valence-corrected chi connectivity index (χ4v) is 1.29. The fourth-order valence-electron chi connectivity index (χ4n) is 1.29. The lowest BCUT2D eigenvalue weighted by molar-refractivity contribution is -0.146. The zero-order valence-electron chi connectivity index (χ0n) is 10.5. The quantitative estimate of drug-likeness (QED) is 0.772. The first-order chi connectivity index (χ1) is 9.52. The van der Waals surface area contributed by atoms with E-state index in [1.54, 1.807) is 48.7 Å². The van der Waals surface area contributed by atoms with Crippen LogP contribution in [-0.2, 0) is 4.79 Å². The number of rotatable bonds is 3. The van der Waals surface area contributed by atoms with Gasteiger partial charge in [-0.2, -0.15) is 0 Å². The number of nitrogens with zero attached hydrogens (tertiary/aromatic N) is 1. The number of hydrogen-bond acceptors (Lipinski definition) is 4. The minimum absolute atomic E-state index is 0.403. The number of hydrogen-bond donors (Lipinski definition) is 3. The predicted molar refractivity (Wildman–Crippen MR) is 71.8 cm³/mol. The van der Waals surface area contributed by atoms with E-state index in [9.17, 15) is 9.59 Å². The van der Waals surface area contributed by atoms with Crippen molar-refractivity contribution in [2.45, 2.75) is 6.10 Å². The first kappa shape index (κ1) is 15.3. The molecule has 104 valence electrons. The van der Waals surface area contributed by atoms with Crippen LogP contribution in [0.4, 0.5) is 0 Å². The maximum Gasteiger partial charge on any atom is 0.337 e. The number of aliphatic carboxylic acids is 1. The number of carbonyl (C=O) groups excluding carboxylic acids is 1. The highest BCUT2D eigenvalue weighted by atomic mass is 16.4. The summed E-state index contributed by atoms with van der Waals surface area (Å²) in [7, 11) is 0. The van der Waals surface area contributed by atoms with Crippen LogP contribution in [0.2, 0.25) is 0 Å². The van der Waals surface area contributed by atoms with Crippen LogP contribution in [0.15, 0.2) is 54.9 Å². The van der Waals surface area contributed by atoms with E-state index < -0.39 is 18.0 Å². The van der Waals surface area contributed by atoms with Crippen molar-refractivity contribution in [1.29, 1.82) is 0 Å². The summed E-state index contributed by atoms with van der Waals surface area (Å²) in [6, 6.07) is 11.5. The number of carbonyl (C=O) groups is 2. The molecule has 1 heterocycles. The highest BCUT2D eigenvalue weighted by Crippen LogP contribution is 2.10. The van der Waals surface area contributed by atoms with Crippen molar-refractivity contribution in [3.63, 3.8) is 0 Å². The topological polar surface area (TPSA) is 114 Å². The number of aromatic nitrogens is 1. The monoisotopic (exact) mass is 274 g/mol. The van der Waals surface area contributed by atoms with Gasteiger partial charge in [0, 0.05) is 12.4 Å². The second-order valence-electron chi connectivity index (χ2n) is 3.76. The molecule has 1 amide bonds. The highest BCUT2D eigenvalue weighted by Gasteiger charge is 2.14. The van der Waals surface area contributed by atoms with Gasteiger partial charge in [-0.3, -0.25) is 9.78 Å². The molecular formula is C14H14N2O4. The summed E-state index contributed by atoms with van der Waals surface area (Å²) in [5.74, 6) is -1.67. The maximum atomic E-state index is 10.4. The SMILES string of the molecule is NC(=O)c1cccnc1.O=C(O)C(O)c1ccccc1. The van der Waals surface area contributed by atoms with Crippen LogP contribution in [0.25, 0.3) is 0 Å². The molecule has 0 aliphatic rings. The molecule has 0 aliphatic heterocycles. The number of nitrogens with two attached hydrogens (primary N) is 1. The number of pyridine rings is 1. The van der Waals surface area contributed by atoms with Gasteiger partial charge in [0.15, 0.2) is 6.10 Å². The molecule has 2 aromatic rings.